The van der Waals surface area contributed by atoms with E-state index in [2.05, 4.69) is 21.1 Å². The molecule has 3 aromatic rings. The summed E-state index contributed by atoms with van der Waals surface area (Å²) in [5.74, 6) is -0.352. The summed E-state index contributed by atoms with van der Waals surface area (Å²) in [6.45, 7) is 0. The third kappa shape index (κ3) is 13.8. The molecule has 0 aliphatic heterocycles. The number of halogens is 2. The molecule has 37 heavy (non-hydrogen) atoms. The van der Waals surface area contributed by atoms with Gasteiger partial charge in [-0.2, -0.15) is 18.6 Å². The molecule has 0 unspecified atom stereocenters. The maximum atomic E-state index is 12.2. The van der Waals surface area contributed by atoms with Crippen LogP contribution in [-0.2, 0) is 10.4 Å². The van der Waals surface area contributed by atoms with E-state index in [4.69, 9.17) is 40.7 Å². The van der Waals surface area contributed by atoms with E-state index < -0.39 is 10.4 Å². The molecule has 0 fully saturated rings. The van der Waals surface area contributed by atoms with Crippen LogP contribution in [-0.4, -0.2) is 35.9 Å². The molecule has 9 nitrogen and oxygen atoms in total. The zero-order valence-corrected chi connectivity index (χ0v) is 21.4. The van der Waals surface area contributed by atoms with Crippen LogP contribution in [0.2, 0.25) is 0 Å². The van der Waals surface area contributed by atoms with Gasteiger partial charge >= 0.3 is 10.4 Å². The quantitative estimate of drug-likeness (QED) is 0.158. The molecule has 0 aromatic heterocycles. The first-order valence-electron chi connectivity index (χ1n) is 10.4. The molecular formula is C25H22Cl2N4O5S. The number of anilines is 1. The highest BCUT2D eigenvalue weighted by molar-refractivity contribution is 7.79. The third-order valence-corrected chi connectivity index (χ3v) is 4.50. The predicted molar refractivity (Wildman–Crippen MR) is 149 cm³/mol. The number of amides is 1. The number of hydrogen-bond acceptors (Lipinski definition) is 6. The second-order valence-electron chi connectivity index (χ2n) is 6.97. The first kappa shape index (κ1) is 29.4. The lowest BCUT2D eigenvalue weighted by Gasteiger charge is -2.03. The summed E-state index contributed by atoms with van der Waals surface area (Å²) in [6.07, 6.45) is 6.45. The highest BCUT2D eigenvalue weighted by atomic mass is 35.5. The van der Waals surface area contributed by atoms with Gasteiger partial charge in [0, 0.05) is 5.56 Å². The average molecular weight is 561 g/mol. The number of benzene rings is 3. The van der Waals surface area contributed by atoms with Gasteiger partial charge < -0.3 is 0 Å². The Morgan fingerprint density at radius 1 is 0.730 bits per heavy atom. The molecule has 4 N–H and O–H groups in total. The van der Waals surface area contributed by atoms with Crippen LogP contribution in [0.4, 0.5) is 5.69 Å². The minimum atomic E-state index is -4.67. The van der Waals surface area contributed by atoms with Crippen molar-refractivity contribution in [1.29, 1.82) is 0 Å². The van der Waals surface area contributed by atoms with Gasteiger partial charge in [-0.05, 0) is 47.5 Å². The van der Waals surface area contributed by atoms with Gasteiger partial charge in [-0.15, -0.1) is 0 Å². The molecule has 0 spiro atoms. The van der Waals surface area contributed by atoms with Crippen molar-refractivity contribution >= 4 is 69.8 Å². The second kappa shape index (κ2) is 15.3. The largest absolute Gasteiger partial charge is 0.394 e. The fourth-order valence-corrected chi connectivity index (χ4v) is 2.92. The molecule has 0 radical (unpaired) electrons. The van der Waals surface area contributed by atoms with Crippen molar-refractivity contribution in [3.05, 3.63) is 112 Å². The average Bonchev–Trinajstić information content (AvgIpc) is 2.84. The van der Waals surface area contributed by atoms with Gasteiger partial charge in [0.1, 0.15) is 0 Å². The van der Waals surface area contributed by atoms with Crippen molar-refractivity contribution in [2.75, 3.05) is 5.43 Å². The molecule has 12 heteroatoms. The Kier molecular flexibility index (Phi) is 12.2. The van der Waals surface area contributed by atoms with Crippen LogP contribution in [0.1, 0.15) is 21.5 Å². The predicted octanol–water partition coefficient (Wildman–Crippen LogP) is 5.71. The van der Waals surface area contributed by atoms with E-state index in [1.807, 2.05) is 66.7 Å². The summed E-state index contributed by atoms with van der Waals surface area (Å²) in [6, 6.07) is 26.1. The Morgan fingerprint density at radius 2 is 1.16 bits per heavy atom. The van der Waals surface area contributed by atoms with E-state index in [-0.39, 0.29) is 5.91 Å². The Balaban J connectivity index is 0.000000877. The number of allylic oxidation sites excluding steroid dienone is 2. The minimum absolute atomic E-state index is 0.352. The van der Waals surface area contributed by atoms with Crippen LogP contribution in [0.15, 0.2) is 105 Å². The monoisotopic (exact) mass is 560 g/mol. The summed E-state index contributed by atoms with van der Waals surface area (Å²) < 4.78 is 31.6. The lowest BCUT2D eigenvalue weighted by Crippen LogP contribution is -2.17. The SMILES string of the molecule is O=C(NN=CC(Cl)=Cc1ccccc1)c1ccc(NN=CC(Cl)=Cc2ccccc2)cc1.O=S(=O)(O)O. The van der Waals surface area contributed by atoms with Crippen molar-refractivity contribution in [3.63, 3.8) is 0 Å². The van der Waals surface area contributed by atoms with Gasteiger partial charge in [0.25, 0.3) is 5.91 Å². The Hall–Kier alpha value is -3.80. The summed E-state index contributed by atoms with van der Waals surface area (Å²) in [5, 5.41) is 8.86. The zero-order chi connectivity index (χ0) is 27.1. The smallest absolute Gasteiger partial charge is 0.278 e. The number of hydrogen-bond donors (Lipinski definition) is 4. The molecule has 0 saturated heterocycles. The van der Waals surface area contributed by atoms with Gasteiger partial charge in [-0.25, -0.2) is 5.43 Å². The summed E-state index contributed by atoms with van der Waals surface area (Å²) in [4.78, 5) is 12.2. The van der Waals surface area contributed by atoms with Crippen molar-refractivity contribution in [3.8, 4) is 0 Å². The first-order valence-corrected chi connectivity index (χ1v) is 12.5. The molecular weight excluding hydrogens is 539 g/mol. The molecule has 0 atom stereocenters. The Bertz CT molecular complexity index is 1370. The number of hydrazone groups is 2. The van der Waals surface area contributed by atoms with Crippen molar-refractivity contribution in [1.82, 2.24) is 5.43 Å². The van der Waals surface area contributed by atoms with Gasteiger partial charge in [0.05, 0.1) is 28.2 Å². The summed E-state index contributed by atoms with van der Waals surface area (Å²) in [5.41, 5.74) is 8.39. The molecule has 0 aliphatic rings. The Labute approximate surface area is 224 Å². The number of rotatable bonds is 8. The molecule has 3 aromatic carbocycles. The second-order valence-corrected chi connectivity index (χ2v) is 8.74. The van der Waals surface area contributed by atoms with E-state index in [1.165, 1.54) is 12.4 Å². The van der Waals surface area contributed by atoms with E-state index >= 15 is 0 Å². The van der Waals surface area contributed by atoms with Crippen LogP contribution in [0.25, 0.3) is 12.2 Å². The highest BCUT2D eigenvalue weighted by Gasteiger charge is 2.03. The molecule has 0 saturated carbocycles. The van der Waals surface area contributed by atoms with Gasteiger partial charge in [0.15, 0.2) is 0 Å². The van der Waals surface area contributed by atoms with Crippen LogP contribution in [0.5, 0.6) is 0 Å². The summed E-state index contributed by atoms with van der Waals surface area (Å²) >= 11 is 12.3. The standard InChI is InChI=1S/C25H20Cl2N4O.H2O4S/c26-22(15-19-7-3-1-4-8-19)17-28-30-24-13-11-21(12-14-24)25(32)31-29-18-23(27)16-20-9-5-2-6-10-20;1-5(2,3)4/h1-18,30H,(H,31,32);(H2,1,2,3,4). The minimum Gasteiger partial charge on any atom is -0.278 e. The number of nitrogens with one attached hydrogen (secondary N) is 2. The first-order chi connectivity index (χ1) is 17.6. The number of nitrogens with zero attached hydrogens (tertiary/aromatic N) is 2. The fraction of sp³-hybridized carbons (Fsp3) is 0. The number of carbonyl (C=O) groups excluding carboxylic acids is 1. The molecule has 0 bridgehead atoms. The molecule has 192 valence electrons. The highest BCUT2D eigenvalue weighted by Crippen LogP contribution is 2.12. The van der Waals surface area contributed by atoms with Crippen LogP contribution in [0.3, 0.4) is 0 Å². The zero-order valence-electron chi connectivity index (χ0n) is 19.1. The normalized spacial score (nSPS) is 12.2. The van der Waals surface area contributed by atoms with E-state index in [0.717, 1.165) is 11.1 Å². The third-order valence-electron chi connectivity index (χ3n) is 4.09. The fourth-order valence-electron chi connectivity index (χ4n) is 2.57. The van der Waals surface area contributed by atoms with Crippen molar-refractivity contribution in [2.24, 2.45) is 10.2 Å². The van der Waals surface area contributed by atoms with Crippen molar-refractivity contribution < 1.29 is 22.3 Å². The van der Waals surface area contributed by atoms with Gasteiger partial charge in [-0.3, -0.25) is 19.3 Å². The van der Waals surface area contributed by atoms with Gasteiger partial charge in [-0.1, -0.05) is 83.9 Å². The number of carbonyl (C=O) groups is 1. The Morgan fingerprint density at radius 3 is 1.62 bits per heavy atom. The maximum Gasteiger partial charge on any atom is 0.394 e. The molecule has 0 heterocycles. The molecule has 1 amide bonds. The van der Waals surface area contributed by atoms with Crippen LogP contribution < -0.4 is 10.9 Å². The lowest BCUT2D eigenvalue weighted by atomic mass is 10.2. The van der Waals surface area contributed by atoms with Crippen molar-refractivity contribution in [2.45, 2.75) is 0 Å². The lowest BCUT2D eigenvalue weighted by molar-refractivity contribution is 0.0955. The molecule has 0 aliphatic carbocycles. The van der Waals surface area contributed by atoms with Gasteiger partial charge in [0.2, 0.25) is 0 Å². The van der Waals surface area contributed by atoms with E-state index in [9.17, 15) is 4.79 Å². The maximum absolute atomic E-state index is 12.2. The molecule has 3 rings (SSSR count). The summed E-state index contributed by atoms with van der Waals surface area (Å²) in [7, 11) is -4.67. The topological polar surface area (TPSA) is 140 Å². The van der Waals surface area contributed by atoms with E-state index in [1.54, 1.807) is 30.3 Å². The van der Waals surface area contributed by atoms with E-state index in [0.29, 0.717) is 21.3 Å². The van der Waals surface area contributed by atoms with Crippen LogP contribution >= 0.6 is 23.2 Å². The van der Waals surface area contributed by atoms with Crippen LogP contribution in [0, 0.1) is 0 Å².